The number of carbonyl (C=O) groups is 1. The summed E-state index contributed by atoms with van der Waals surface area (Å²) in [5.41, 5.74) is 4.29. The first kappa shape index (κ1) is 27.4. The predicted octanol–water partition coefficient (Wildman–Crippen LogP) is 5.04. The molecule has 1 fully saturated rings. The number of amides is 1. The van der Waals surface area contributed by atoms with Crippen LogP contribution in [0.4, 0.5) is 15.8 Å². The Morgan fingerprint density at radius 1 is 1.10 bits per heavy atom. The fraction of sp³-hybridized carbons (Fsp3) is 0.290. The Kier molecular flexibility index (Phi) is 7.86. The van der Waals surface area contributed by atoms with Gasteiger partial charge in [-0.15, -0.1) is 0 Å². The van der Waals surface area contributed by atoms with Crippen LogP contribution in [0.25, 0.3) is 22.0 Å². The molecule has 0 saturated carbocycles. The number of H-pyrrole nitrogens is 1. The highest BCUT2D eigenvalue weighted by Gasteiger charge is 2.20. The number of nitrogens with one attached hydrogen (secondary N) is 1. The Morgan fingerprint density at radius 3 is 2.52 bits per heavy atom. The maximum absolute atomic E-state index is 14.8. The second-order valence-corrected chi connectivity index (χ2v) is 10.2. The number of hydrogen-bond donors (Lipinski definition) is 2. The summed E-state index contributed by atoms with van der Waals surface area (Å²) in [4.78, 5) is 26.7. The van der Waals surface area contributed by atoms with Crippen LogP contribution >= 0.6 is 0 Å². The molecule has 5 rings (SSSR count). The Bertz CT molecular complexity index is 1560. The van der Waals surface area contributed by atoms with Crippen molar-refractivity contribution >= 4 is 33.9 Å². The van der Waals surface area contributed by atoms with Gasteiger partial charge in [0, 0.05) is 49.8 Å². The maximum Gasteiger partial charge on any atom is 0.240 e. The van der Waals surface area contributed by atoms with Gasteiger partial charge in [0.2, 0.25) is 5.91 Å². The number of benzene rings is 3. The van der Waals surface area contributed by atoms with Gasteiger partial charge >= 0.3 is 0 Å². The number of aromatic amines is 1. The average Bonchev–Trinajstić information content (AvgIpc) is 3.29. The van der Waals surface area contributed by atoms with E-state index in [1.165, 1.54) is 13.2 Å². The van der Waals surface area contributed by atoms with Crippen molar-refractivity contribution in [3.63, 3.8) is 0 Å². The highest BCUT2D eigenvalue weighted by molar-refractivity contribution is 6.13. The largest absolute Gasteiger partial charge is 0.496 e. The molecule has 4 aromatic rings. The zero-order chi connectivity index (χ0) is 28.4. The molecule has 0 spiro atoms. The molecule has 1 aromatic heterocycles. The number of likely N-dealkylation sites (N-methyl/N-ethyl adjacent to an activating group) is 2. The summed E-state index contributed by atoms with van der Waals surface area (Å²) >= 11 is 0. The summed E-state index contributed by atoms with van der Waals surface area (Å²) in [7, 11) is 5.39. The van der Waals surface area contributed by atoms with Crippen molar-refractivity contribution in [1.29, 1.82) is 0 Å². The van der Waals surface area contributed by atoms with Gasteiger partial charge in [-0.05, 0) is 68.1 Å². The SMILES string of the molecule is COc1cccc(F)c1-c1ccc2[nH]c(O)c(C(C)=Nc3ccc(N(C)C(=O)CN4CCN(C)CC4)cc3)c2c1. The number of anilines is 1. The molecule has 1 amide bonds. The summed E-state index contributed by atoms with van der Waals surface area (Å²) in [6, 6.07) is 17.6. The number of methoxy groups -OCH3 is 1. The number of ether oxygens (including phenoxy) is 1. The summed E-state index contributed by atoms with van der Waals surface area (Å²) < 4.78 is 20.1. The van der Waals surface area contributed by atoms with E-state index in [9.17, 15) is 14.3 Å². The topological polar surface area (TPSA) is 84.4 Å². The van der Waals surface area contributed by atoms with Gasteiger partial charge < -0.3 is 24.6 Å². The maximum atomic E-state index is 14.8. The van der Waals surface area contributed by atoms with E-state index in [0.717, 1.165) is 31.9 Å². The van der Waals surface area contributed by atoms with Gasteiger partial charge in [0.15, 0.2) is 5.88 Å². The normalized spacial score (nSPS) is 15.0. The molecule has 208 valence electrons. The first-order chi connectivity index (χ1) is 19.2. The lowest BCUT2D eigenvalue weighted by Crippen LogP contribution is -2.48. The molecule has 1 aliphatic heterocycles. The minimum atomic E-state index is -0.391. The minimum absolute atomic E-state index is 0.0141. The number of carbonyl (C=O) groups excluding carboxylic acids is 1. The van der Waals surface area contributed by atoms with Crippen LogP contribution in [-0.2, 0) is 4.79 Å². The van der Waals surface area contributed by atoms with E-state index in [1.54, 1.807) is 36.2 Å². The van der Waals surface area contributed by atoms with Crippen LogP contribution in [0.5, 0.6) is 11.6 Å². The third-order valence-corrected chi connectivity index (χ3v) is 7.49. The van der Waals surface area contributed by atoms with Crippen LogP contribution in [0, 0.1) is 5.82 Å². The van der Waals surface area contributed by atoms with Crippen LogP contribution in [0.3, 0.4) is 0 Å². The Hall–Kier alpha value is -4.21. The molecule has 3 aromatic carbocycles. The van der Waals surface area contributed by atoms with Crippen molar-refractivity contribution < 1.29 is 19.0 Å². The number of fused-ring (bicyclic) bond motifs is 1. The van der Waals surface area contributed by atoms with Gasteiger partial charge in [-0.3, -0.25) is 14.7 Å². The molecule has 2 heterocycles. The van der Waals surface area contributed by atoms with Crippen molar-refractivity contribution in [3.05, 3.63) is 72.0 Å². The van der Waals surface area contributed by atoms with Gasteiger partial charge in [-0.1, -0.05) is 12.1 Å². The second-order valence-electron chi connectivity index (χ2n) is 10.2. The van der Waals surface area contributed by atoms with Crippen LogP contribution in [0.15, 0.2) is 65.7 Å². The molecule has 0 radical (unpaired) electrons. The van der Waals surface area contributed by atoms with E-state index in [4.69, 9.17) is 9.73 Å². The smallest absolute Gasteiger partial charge is 0.240 e. The van der Waals surface area contributed by atoms with E-state index < -0.39 is 5.82 Å². The number of aliphatic imine (C=N–C) groups is 1. The molecule has 0 bridgehead atoms. The van der Waals surface area contributed by atoms with Crippen molar-refractivity contribution in [2.75, 3.05) is 58.8 Å². The van der Waals surface area contributed by atoms with Crippen LogP contribution in [-0.4, -0.2) is 85.4 Å². The fourth-order valence-electron chi connectivity index (χ4n) is 5.10. The fourth-order valence-corrected chi connectivity index (χ4v) is 5.10. The number of aromatic nitrogens is 1. The zero-order valence-corrected chi connectivity index (χ0v) is 23.2. The number of halogens is 1. The summed E-state index contributed by atoms with van der Waals surface area (Å²) in [6.07, 6.45) is 0. The lowest BCUT2D eigenvalue weighted by Gasteiger charge is -2.32. The van der Waals surface area contributed by atoms with Gasteiger partial charge in [-0.2, -0.15) is 0 Å². The number of piperazine rings is 1. The minimum Gasteiger partial charge on any atom is -0.496 e. The molecular formula is C31H34FN5O3. The third-order valence-electron chi connectivity index (χ3n) is 7.49. The van der Waals surface area contributed by atoms with E-state index in [1.807, 2.05) is 37.3 Å². The average molecular weight is 544 g/mol. The molecule has 8 nitrogen and oxygen atoms in total. The molecule has 0 aliphatic carbocycles. The summed E-state index contributed by atoms with van der Waals surface area (Å²) in [5.74, 6) is 0.0679. The molecular weight excluding hydrogens is 509 g/mol. The second kappa shape index (κ2) is 11.5. The predicted molar refractivity (Wildman–Crippen MR) is 158 cm³/mol. The molecule has 2 N–H and O–H groups in total. The van der Waals surface area contributed by atoms with Crippen molar-refractivity contribution in [3.8, 4) is 22.8 Å². The standard InChI is InChI=1S/C31H34FN5O3/c1-20(33-22-9-11-23(12-10-22)36(3)28(38)19-37-16-14-35(2)15-17-37)29-24-18-21(8-13-26(24)34-31(29)39)30-25(32)6-5-7-27(30)40-4/h5-13,18,34,39H,14-17,19H2,1-4H3. The molecule has 0 unspecified atom stereocenters. The van der Waals surface area contributed by atoms with E-state index in [0.29, 0.717) is 51.3 Å². The van der Waals surface area contributed by atoms with Gasteiger partial charge in [0.25, 0.3) is 0 Å². The van der Waals surface area contributed by atoms with Gasteiger partial charge in [0.05, 0.1) is 36.2 Å². The van der Waals surface area contributed by atoms with E-state index >= 15 is 0 Å². The summed E-state index contributed by atoms with van der Waals surface area (Å²) in [6.45, 7) is 5.92. The molecule has 9 heteroatoms. The number of aromatic hydroxyl groups is 1. The first-order valence-corrected chi connectivity index (χ1v) is 13.3. The van der Waals surface area contributed by atoms with Crippen LogP contribution < -0.4 is 9.64 Å². The van der Waals surface area contributed by atoms with E-state index in [2.05, 4.69) is 21.8 Å². The van der Waals surface area contributed by atoms with Crippen molar-refractivity contribution in [2.24, 2.45) is 4.99 Å². The Balaban J connectivity index is 1.38. The molecule has 1 saturated heterocycles. The number of rotatable bonds is 7. The number of hydrogen-bond acceptors (Lipinski definition) is 6. The van der Waals surface area contributed by atoms with Gasteiger partial charge in [-0.25, -0.2) is 4.39 Å². The van der Waals surface area contributed by atoms with Crippen molar-refractivity contribution in [1.82, 2.24) is 14.8 Å². The quantitative estimate of drug-likeness (QED) is 0.319. The Morgan fingerprint density at radius 2 is 1.82 bits per heavy atom. The van der Waals surface area contributed by atoms with Gasteiger partial charge in [0.1, 0.15) is 11.6 Å². The first-order valence-electron chi connectivity index (χ1n) is 13.3. The molecule has 40 heavy (non-hydrogen) atoms. The highest BCUT2D eigenvalue weighted by atomic mass is 19.1. The van der Waals surface area contributed by atoms with Crippen molar-refractivity contribution in [2.45, 2.75) is 6.92 Å². The molecule has 0 atom stereocenters. The zero-order valence-electron chi connectivity index (χ0n) is 23.2. The third kappa shape index (κ3) is 5.57. The van der Waals surface area contributed by atoms with E-state index in [-0.39, 0.29) is 11.8 Å². The lowest BCUT2D eigenvalue weighted by atomic mass is 10.00. The lowest BCUT2D eigenvalue weighted by molar-refractivity contribution is -0.119. The number of nitrogens with zero attached hydrogens (tertiary/aromatic N) is 4. The van der Waals surface area contributed by atoms with Crippen LogP contribution in [0.1, 0.15) is 12.5 Å². The Labute approximate surface area is 233 Å². The van der Waals surface area contributed by atoms with Crippen LogP contribution in [0.2, 0.25) is 0 Å². The monoisotopic (exact) mass is 543 g/mol. The molecule has 1 aliphatic rings. The highest BCUT2D eigenvalue weighted by Crippen LogP contribution is 2.37. The summed E-state index contributed by atoms with van der Waals surface area (Å²) in [5, 5.41) is 11.5.